The molecule has 4 aliphatic carbocycles. The van der Waals surface area contributed by atoms with E-state index in [-0.39, 0.29) is 28.2 Å². The second-order valence-corrected chi connectivity index (χ2v) is 13.4. The number of hydrogen-bond acceptors (Lipinski definition) is 4. The quantitative estimate of drug-likeness (QED) is 0.515. The fraction of sp³-hybridized carbons (Fsp3) is 0.897. The first-order valence-electron chi connectivity index (χ1n) is 14.3. The Labute approximate surface area is 211 Å². The highest BCUT2D eigenvalue weighted by atomic mass is 16.7. The third-order valence-electron chi connectivity index (χ3n) is 11.5. The molecule has 6 rings (SSSR count). The molecule has 0 aromatic heterocycles. The molecular weight excluding hydrogens is 440 g/mol. The van der Waals surface area contributed by atoms with E-state index in [1.165, 1.54) is 32.1 Å². The first kappa shape index (κ1) is 24.2. The zero-order valence-corrected chi connectivity index (χ0v) is 22.6. The predicted octanol–water partition coefficient (Wildman–Crippen LogP) is 5.62. The number of hydrogen-bond donors (Lipinski definition) is 1. The van der Waals surface area contributed by atoms with Gasteiger partial charge in [0.25, 0.3) is 0 Å². The number of nitrogens with zero attached hydrogens (tertiary/aromatic N) is 1. The largest absolute Gasteiger partial charge is 0.347 e. The SMILES string of the molecule is CCCNC(=O)N1CC2(CCC3C4CC=C5CC6(CCC5(C)C4CCC32C)OCCO6)OC1(C)C. The van der Waals surface area contributed by atoms with E-state index in [1.807, 2.05) is 4.90 Å². The van der Waals surface area contributed by atoms with Crippen LogP contribution in [0.4, 0.5) is 4.79 Å². The molecule has 1 N–H and O–H groups in total. The van der Waals surface area contributed by atoms with Crippen LogP contribution in [0.2, 0.25) is 0 Å². The summed E-state index contributed by atoms with van der Waals surface area (Å²) in [4.78, 5) is 15.0. The summed E-state index contributed by atoms with van der Waals surface area (Å²) >= 11 is 0. The summed E-state index contributed by atoms with van der Waals surface area (Å²) < 4.78 is 19.2. The van der Waals surface area contributed by atoms with Gasteiger partial charge in [0.05, 0.1) is 25.4 Å². The maximum atomic E-state index is 13.1. The molecule has 2 spiro atoms. The van der Waals surface area contributed by atoms with Crippen molar-refractivity contribution >= 4 is 6.03 Å². The normalized spacial score (nSPS) is 45.2. The van der Waals surface area contributed by atoms with Crippen molar-refractivity contribution in [3.8, 4) is 0 Å². The van der Waals surface area contributed by atoms with Crippen LogP contribution in [-0.2, 0) is 14.2 Å². The van der Waals surface area contributed by atoms with E-state index >= 15 is 0 Å². The lowest BCUT2D eigenvalue weighted by molar-refractivity contribution is -0.193. The van der Waals surface area contributed by atoms with Crippen molar-refractivity contribution in [2.24, 2.45) is 28.6 Å². The smallest absolute Gasteiger partial charge is 0.319 e. The molecule has 0 bridgehead atoms. The molecule has 2 heterocycles. The van der Waals surface area contributed by atoms with Crippen LogP contribution in [0.15, 0.2) is 11.6 Å². The number of fused-ring (bicyclic) bond motifs is 6. The zero-order chi connectivity index (χ0) is 24.7. The number of amides is 2. The van der Waals surface area contributed by atoms with Crippen molar-refractivity contribution < 1.29 is 19.0 Å². The monoisotopic (exact) mass is 486 g/mol. The molecule has 196 valence electrons. The topological polar surface area (TPSA) is 60.0 Å². The number of carbonyl (C=O) groups is 1. The van der Waals surface area contributed by atoms with Gasteiger partial charge in [0.15, 0.2) is 5.79 Å². The first-order valence-corrected chi connectivity index (χ1v) is 14.3. The fourth-order valence-corrected chi connectivity index (χ4v) is 9.52. The van der Waals surface area contributed by atoms with E-state index in [9.17, 15) is 4.79 Å². The molecule has 0 radical (unpaired) electrons. The molecule has 2 saturated heterocycles. The Morgan fingerprint density at radius 3 is 2.54 bits per heavy atom. The highest BCUT2D eigenvalue weighted by molar-refractivity contribution is 5.75. The van der Waals surface area contributed by atoms with E-state index in [1.54, 1.807) is 5.57 Å². The summed E-state index contributed by atoms with van der Waals surface area (Å²) in [5.41, 5.74) is 1.17. The summed E-state index contributed by atoms with van der Waals surface area (Å²) in [6.45, 7) is 14.2. The fourth-order valence-electron chi connectivity index (χ4n) is 9.52. The predicted molar refractivity (Wildman–Crippen MR) is 135 cm³/mol. The standard InChI is InChI=1S/C29H46N2O4/c1-6-15-30-24(32)31-19-28(35-25(31,2)3)12-10-23-21-8-7-20-18-29(33-16-17-34-29)14-13-26(20,4)22(21)9-11-27(23,28)5/h7,21-23H,6,8-19H2,1-5H3,(H,30,32). The van der Waals surface area contributed by atoms with Crippen LogP contribution in [0.25, 0.3) is 0 Å². The van der Waals surface area contributed by atoms with Crippen molar-refractivity contribution in [2.45, 2.75) is 110 Å². The maximum absolute atomic E-state index is 13.1. The summed E-state index contributed by atoms with van der Waals surface area (Å²) in [6, 6.07) is 0.0275. The number of rotatable bonds is 2. The lowest BCUT2D eigenvalue weighted by Crippen LogP contribution is -2.56. The molecule has 0 aromatic carbocycles. The Morgan fingerprint density at radius 1 is 1.06 bits per heavy atom. The van der Waals surface area contributed by atoms with Crippen LogP contribution in [-0.4, -0.2) is 54.3 Å². The van der Waals surface area contributed by atoms with Crippen LogP contribution < -0.4 is 5.32 Å². The minimum Gasteiger partial charge on any atom is -0.347 e. The van der Waals surface area contributed by atoms with Gasteiger partial charge >= 0.3 is 6.03 Å². The van der Waals surface area contributed by atoms with E-state index < -0.39 is 5.72 Å². The minimum absolute atomic E-state index is 0.0275. The summed E-state index contributed by atoms with van der Waals surface area (Å²) in [5, 5.41) is 3.10. The van der Waals surface area contributed by atoms with E-state index in [2.05, 4.69) is 46.0 Å². The van der Waals surface area contributed by atoms with Crippen molar-refractivity contribution in [1.29, 1.82) is 0 Å². The second kappa shape index (κ2) is 7.94. The third kappa shape index (κ3) is 3.34. The van der Waals surface area contributed by atoms with E-state index in [0.717, 1.165) is 51.4 Å². The molecule has 6 nitrogen and oxygen atoms in total. The highest BCUT2D eigenvalue weighted by Gasteiger charge is 2.69. The summed E-state index contributed by atoms with van der Waals surface area (Å²) in [5.74, 6) is 1.74. The van der Waals surface area contributed by atoms with Gasteiger partial charge < -0.3 is 19.5 Å². The number of allylic oxidation sites excluding steroid dienone is 1. The van der Waals surface area contributed by atoms with Gasteiger partial charge in [-0.25, -0.2) is 4.79 Å². The van der Waals surface area contributed by atoms with Gasteiger partial charge in [0, 0.05) is 24.8 Å². The average Bonchev–Trinajstić information content (AvgIpc) is 3.47. The Bertz CT molecular complexity index is 910. The highest BCUT2D eigenvalue weighted by Crippen LogP contribution is 2.70. The molecule has 6 aliphatic rings. The average molecular weight is 487 g/mol. The number of nitrogens with one attached hydrogen (secondary N) is 1. The number of ether oxygens (including phenoxy) is 3. The van der Waals surface area contributed by atoms with Gasteiger partial charge in [-0.15, -0.1) is 0 Å². The molecule has 6 unspecified atom stereocenters. The molecule has 2 aliphatic heterocycles. The summed E-state index contributed by atoms with van der Waals surface area (Å²) in [7, 11) is 0. The maximum Gasteiger partial charge on any atom is 0.319 e. The molecule has 35 heavy (non-hydrogen) atoms. The van der Waals surface area contributed by atoms with E-state index in [4.69, 9.17) is 14.2 Å². The van der Waals surface area contributed by atoms with E-state index in [0.29, 0.717) is 18.4 Å². The molecule has 5 fully saturated rings. The second-order valence-electron chi connectivity index (χ2n) is 13.4. The molecular formula is C29H46N2O4. The summed E-state index contributed by atoms with van der Waals surface area (Å²) in [6.07, 6.45) is 12.6. The number of carbonyl (C=O) groups excluding carboxylic acids is 1. The van der Waals surface area contributed by atoms with Gasteiger partial charge in [0.1, 0.15) is 5.72 Å². The van der Waals surface area contributed by atoms with Gasteiger partial charge in [-0.1, -0.05) is 32.4 Å². The molecule has 2 amide bonds. The molecule has 0 aromatic rings. The molecule has 6 heteroatoms. The van der Waals surface area contributed by atoms with Gasteiger partial charge in [0.2, 0.25) is 0 Å². The first-order chi connectivity index (χ1) is 16.6. The Hall–Kier alpha value is -1.11. The van der Waals surface area contributed by atoms with Crippen LogP contribution in [0.5, 0.6) is 0 Å². The van der Waals surface area contributed by atoms with Crippen molar-refractivity contribution in [1.82, 2.24) is 10.2 Å². The molecule has 3 saturated carbocycles. The zero-order valence-electron chi connectivity index (χ0n) is 22.6. The minimum atomic E-state index is -0.572. The van der Waals surface area contributed by atoms with Crippen LogP contribution in [0.3, 0.4) is 0 Å². The Morgan fingerprint density at radius 2 is 1.80 bits per heavy atom. The van der Waals surface area contributed by atoms with Crippen molar-refractivity contribution in [2.75, 3.05) is 26.3 Å². The van der Waals surface area contributed by atoms with Crippen LogP contribution >= 0.6 is 0 Å². The Balaban J connectivity index is 1.25. The van der Waals surface area contributed by atoms with Gasteiger partial charge in [-0.05, 0) is 82.0 Å². The van der Waals surface area contributed by atoms with Crippen molar-refractivity contribution in [3.63, 3.8) is 0 Å². The van der Waals surface area contributed by atoms with Gasteiger partial charge in [-0.3, -0.25) is 4.90 Å². The lowest BCUT2D eigenvalue weighted by atomic mass is 9.46. The number of urea groups is 1. The van der Waals surface area contributed by atoms with Crippen LogP contribution in [0, 0.1) is 28.6 Å². The third-order valence-corrected chi connectivity index (χ3v) is 11.5. The molecule has 6 atom stereocenters. The van der Waals surface area contributed by atoms with Crippen LogP contribution in [0.1, 0.15) is 92.4 Å². The van der Waals surface area contributed by atoms with Crippen molar-refractivity contribution in [3.05, 3.63) is 11.6 Å². The Kier molecular flexibility index (Phi) is 5.50. The lowest BCUT2D eigenvalue weighted by Gasteiger charge is -2.59. The van der Waals surface area contributed by atoms with Gasteiger partial charge in [-0.2, -0.15) is 0 Å².